The van der Waals surface area contributed by atoms with Crippen LogP contribution in [0.3, 0.4) is 0 Å². The van der Waals surface area contributed by atoms with Gasteiger partial charge in [0, 0.05) is 23.3 Å². The number of β-amino-alcohol motifs (C(OH)–C–C–N with tert-alkyl or cyclic N) is 1. The minimum atomic E-state index is -0.00359. The third kappa shape index (κ3) is 5.20. The van der Waals surface area contributed by atoms with Gasteiger partial charge in [-0.3, -0.25) is 4.79 Å². The number of anilines is 1. The Labute approximate surface area is 185 Å². The van der Waals surface area contributed by atoms with Crippen molar-refractivity contribution >= 4 is 22.8 Å². The number of aliphatic hydroxyl groups is 1. The van der Waals surface area contributed by atoms with Crippen LogP contribution in [-0.2, 0) is 0 Å². The molecule has 0 fully saturated rings. The zero-order valence-electron chi connectivity index (χ0n) is 19.5. The van der Waals surface area contributed by atoms with Gasteiger partial charge in [0.25, 0.3) is 0 Å². The maximum atomic E-state index is 12.2. The Hall–Kier alpha value is -2.57. The number of nitrogens with zero attached hydrogens (tertiary/aromatic N) is 4. The Kier molecular flexibility index (Phi) is 6.92. The molecule has 0 radical (unpaired) electrons. The molecule has 1 unspecified atom stereocenters. The van der Waals surface area contributed by atoms with E-state index >= 15 is 0 Å². The number of carbonyl (C=O) groups is 1. The van der Waals surface area contributed by atoms with E-state index in [0.717, 1.165) is 23.4 Å². The Morgan fingerprint density at radius 3 is 2.48 bits per heavy atom. The Bertz CT molecular complexity index is 964. The van der Waals surface area contributed by atoms with Gasteiger partial charge in [-0.05, 0) is 94.7 Å². The lowest BCUT2D eigenvalue weighted by atomic mass is 9.79. The van der Waals surface area contributed by atoms with Crippen LogP contribution < -0.4 is 4.90 Å². The molecule has 0 saturated carbocycles. The van der Waals surface area contributed by atoms with Gasteiger partial charge in [-0.1, -0.05) is 6.92 Å². The minimum Gasteiger partial charge on any atom is -0.395 e. The zero-order valence-corrected chi connectivity index (χ0v) is 19.5. The largest absolute Gasteiger partial charge is 0.395 e. The molecular formula is C25H34N4O2. The Balaban J connectivity index is 1.85. The minimum absolute atomic E-state index is 0.00359. The maximum absolute atomic E-state index is 12.2. The molecule has 0 spiro atoms. The highest BCUT2D eigenvalue weighted by molar-refractivity contribution is 5.97. The fourth-order valence-electron chi connectivity index (χ4n) is 4.46. The number of aliphatic hydroxyl groups excluding tert-OH is 1. The molecule has 0 bridgehead atoms. The average molecular weight is 423 g/mol. The van der Waals surface area contributed by atoms with E-state index in [0.29, 0.717) is 24.6 Å². The highest BCUT2D eigenvalue weighted by atomic mass is 16.3. The first-order valence-electron chi connectivity index (χ1n) is 10.8. The third-order valence-corrected chi connectivity index (χ3v) is 5.95. The standard InChI is InChI=1S/C25H34N4O2/c1-17-13-23-21(18(2)15-25(3,4)29(23)11-12-30)14-22(17)27-26-20-9-7-19(8-10-20)24(31)16-28(5)6/h7-10,13-14,18,30H,11-12,15-16H2,1-6H3. The first-order chi connectivity index (χ1) is 14.6. The predicted molar refractivity (Wildman–Crippen MR) is 126 cm³/mol. The molecule has 166 valence electrons. The van der Waals surface area contributed by atoms with Gasteiger partial charge in [-0.2, -0.15) is 10.2 Å². The van der Waals surface area contributed by atoms with Crippen LogP contribution >= 0.6 is 0 Å². The molecule has 0 aromatic heterocycles. The van der Waals surface area contributed by atoms with Gasteiger partial charge in [0.2, 0.25) is 0 Å². The van der Waals surface area contributed by atoms with Gasteiger partial charge in [-0.25, -0.2) is 0 Å². The lowest BCUT2D eigenvalue weighted by Crippen LogP contribution is -2.49. The van der Waals surface area contributed by atoms with E-state index in [1.165, 1.54) is 11.3 Å². The summed E-state index contributed by atoms with van der Waals surface area (Å²) in [5.41, 5.74) is 5.72. The molecule has 1 aliphatic rings. The van der Waals surface area contributed by atoms with E-state index in [4.69, 9.17) is 0 Å². The number of fused-ring (bicyclic) bond motifs is 1. The van der Waals surface area contributed by atoms with E-state index in [1.807, 2.05) is 38.1 Å². The maximum Gasteiger partial charge on any atom is 0.176 e. The van der Waals surface area contributed by atoms with Crippen molar-refractivity contribution in [3.05, 3.63) is 53.1 Å². The zero-order chi connectivity index (χ0) is 22.8. The normalized spacial score (nSPS) is 17.9. The summed E-state index contributed by atoms with van der Waals surface area (Å²) in [6, 6.07) is 11.6. The molecule has 1 N–H and O–H groups in total. The van der Waals surface area contributed by atoms with E-state index in [1.54, 1.807) is 12.1 Å². The molecular weight excluding hydrogens is 388 g/mol. The van der Waals surface area contributed by atoms with Crippen LogP contribution in [0, 0.1) is 6.92 Å². The van der Waals surface area contributed by atoms with Crippen LogP contribution in [0.2, 0.25) is 0 Å². The van der Waals surface area contributed by atoms with Crippen molar-refractivity contribution < 1.29 is 9.90 Å². The van der Waals surface area contributed by atoms with Crippen molar-refractivity contribution in [3.8, 4) is 0 Å². The summed E-state index contributed by atoms with van der Waals surface area (Å²) in [6.07, 6.45) is 1.02. The van der Waals surface area contributed by atoms with Gasteiger partial charge < -0.3 is 14.9 Å². The number of Topliss-reactive ketones (excluding diaryl/α,β-unsaturated/α-hetero) is 1. The Morgan fingerprint density at radius 2 is 1.87 bits per heavy atom. The van der Waals surface area contributed by atoms with Crippen molar-refractivity contribution in [3.63, 3.8) is 0 Å². The molecule has 31 heavy (non-hydrogen) atoms. The van der Waals surface area contributed by atoms with Crippen molar-refractivity contribution in [2.75, 3.05) is 38.7 Å². The number of carbonyl (C=O) groups excluding carboxylic acids is 1. The number of likely N-dealkylation sites (N-methyl/N-ethyl adjacent to an activating group) is 1. The summed E-state index contributed by atoms with van der Waals surface area (Å²) in [5.74, 6) is 0.486. The lowest BCUT2D eigenvalue weighted by molar-refractivity contribution is 0.0958. The SMILES string of the molecule is Cc1cc2c(cc1N=Nc1ccc(C(=O)CN(C)C)cc1)C(C)CC(C)(C)N2CCO. The van der Waals surface area contributed by atoms with Crippen molar-refractivity contribution in [1.29, 1.82) is 0 Å². The van der Waals surface area contributed by atoms with Crippen LogP contribution in [0.5, 0.6) is 0 Å². The van der Waals surface area contributed by atoms with Crippen molar-refractivity contribution in [2.45, 2.75) is 45.6 Å². The summed E-state index contributed by atoms with van der Waals surface area (Å²) in [4.78, 5) is 16.3. The van der Waals surface area contributed by atoms with Gasteiger partial charge >= 0.3 is 0 Å². The number of hydrogen-bond donors (Lipinski definition) is 1. The summed E-state index contributed by atoms with van der Waals surface area (Å²) in [6.45, 7) is 9.89. The molecule has 2 aromatic rings. The van der Waals surface area contributed by atoms with Gasteiger partial charge in [0.1, 0.15) is 0 Å². The predicted octanol–water partition coefficient (Wildman–Crippen LogP) is 5.24. The second-order valence-corrected chi connectivity index (χ2v) is 9.40. The molecule has 0 amide bonds. The molecule has 0 saturated heterocycles. The molecule has 1 atom stereocenters. The van der Waals surface area contributed by atoms with Crippen LogP contribution in [0.15, 0.2) is 46.6 Å². The first-order valence-corrected chi connectivity index (χ1v) is 10.8. The fourth-order valence-corrected chi connectivity index (χ4v) is 4.46. The van der Waals surface area contributed by atoms with E-state index < -0.39 is 0 Å². The van der Waals surface area contributed by atoms with Crippen molar-refractivity contribution in [2.24, 2.45) is 10.2 Å². The van der Waals surface area contributed by atoms with Gasteiger partial charge in [-0.15, -0.1) is 0 Å². The highest BCUT2D eigenvalue weighted by Crippen LogP contribution is 2.45. The van der Waals surface area contributed by atoms with Crippen LogP contribution in [0.4, 0.5) is 17.1 Å². The highest BCUT2D eigenvalue weighted by Gasteiger charge is 2.36. The fraction of sp³-hybridized carbons (Fsp3) is 0.480. The number of benzene rings is 2. The Morgan fingerprint density at radius 1 is 1.19 bits per heavy atom. The molecule has 0 aliphatic carbocycles. The molecule has 1 heterocycles. The number of azo groups is 1. The molecule has 6 heteroatoms. The first kappa shape index (κ1) is 23.1. The van der Waals surface area contributed by atoms with E-state index in [-0.39, 0.29) is 17.9 Å². The molecule has 1 aliphatic heterocycles. The molecule has 6 nitrogen and oxygen atoms in total. The lowest BCUT2D eigenvalue weighted by Gasteiger charge is -2.47. The number of rotatable bonds is 7. The van der Waals surface area contributed by atoms with Crippen LogP contribution in [-0.4, -0.2) is 55.1 Å². The second-order valence-electron chi connectivity index (χ2n) is 9.40. The van der Waals surface area contributed by atoms with E-state index in [9.17, 15) is 9.90 Å². The summed E-state index contributed by atoms with van der Waals surface area (Å²) in [5, 5.41) is 18.5. The molecule has 3 rings (SSSR count). The summed E-state index contributed by atoms with van der Waals surface area (Å²) in [7, 11) is 3.76. The quantitative estimate of drug-likeness (QED) is 0.489. The monoisotopic (exact) mass is 422 g/mol. The van der Waals surface area contributed by atoms with E-state index in [2.05, 4.69) is 48.0 Å². The topological polar surface area (TPSA) is 68.5 Å². The van der Waals surface area contributed by atoms with Gasteiger partial charge in [0.15, 0.2) is 5.78 Å². The third-order valence-electron chi connectivity index (χ3n) is 5.95. The van der Waals surface area contributed by atoms with Crippen LogP contribution in [0.25, 0.3) is 0 Å². The summed E-state index contributed by atoms with van der Waals surface area (Å²) < 4.78 is 0. The number of aryl methyl sites for hydroxylation is 1. The smallest absolute Gasteiger partial charge is 0.176 e. The van der Waals surface area contributed by atoms with Gasteiger partial charge in [0.05, 0.1) is 24.5 Å². The number of hydrogen-bond acceptors (Lipinski definition) is 6. The molecule has 2 aromatic carbocycles. The summed E-state index contributed by atoms with van der Waals surface area (Å²) >= 11 is 0. The van der Waals surface area contributed by atoms with Crippen molar-refractivity contribution in [1.82, 2.24) is 4.90 Å². The average Bonchev–Trinajstić information content (AvgIpc) is 2.69. The second kappa shape index (κ2) is 9.28. The number of ketones is 1. The van der Waals surface area contributed by atoms with Crippen LogP contribution in [0.1, 0.15) is 54.6 Å².